The van der Waals surface area contributed by atoms with E-state index in [2.05, 4.69) is 27.0 Å². The van der Waals surface area contributed by atoms with Crippen molar-refractivity contribution in [2.75, 3.05) is 17.0 Å². The molecule has 0 saturated heterocycles. The summed E-state index contributed by atoms with van der Waals surface area (Å²) in [4.78, 5) is 18.3. The van der Waals surface area contributed by atoms with E-state index in [0.717, 1.165) is 19.3 Å². The van der Waals surface area contributed by atoms with E-state index in [1.54, 1.807) is 0 Å². The number of hydrogen-bond acceptors (Lipinski definition) is 8. The summed E-state index contributed by atoms with van der Waals surface area (Å²) in [6, 6.07) is 0.205. The Balaban J connectivity index is 2.18. The number of nitrogens with two attached hydrogens (primary N) is 1. The number of nitrogens with one attached hydrogen (secondary N) is 2. The van der Waals surface area contributed by atoms with Crippen molar-refractivity contribution in [2.24, 2.45) is 5.84 Å². The van der Waals surface area contributed by atoms with Gasteiger partial charge in [-0.3, -0.25) is 10.1 Å². The van der Waals surface area contributed by atoms with Crippen molar-refractivity contribution in [3.05, 3.63) is 16.4 Å². The molecule has 1 aromatic rings. The molecule has 1 aromatic heterocycles. The molecule has 2 unspecified atom stereocenters. The lowest BCUT2D eigenvalue weighted by atomic mass is 10.2. The molecule has 104 valence electrons. The molecule has 1 heterocycles. The Morgan fingerprint density at radius 2 is 2.21 bits per heavy atom. The molecular formula is C10H16N6O2S. The van der Waals surface area contributed by atoms with Crippen LogP contribution < -0.4 is 16.6 Å². The van der Waals surface area contributed by atoms with Crippen LogP contribution in [0.15, 0.2) is 6.33 Å². The van der Waals surface area contributed by atoms with Gasteiger partial charge in [-0.25, -0.2) is 15.8 Å². The van der Waals surface area contributed by atoms with Crippen LogP contribution in [0.1, 0.15) is 19.3 Å². The van der Waals surface area contributed by atoms with Crippen LogP contribution in [0.3, 0.4) is 0 Å². The third-order valence-corrected chi connectivity index (χ3v) is 4.30. The topological polar surface area (TPSA) is 119 Å². The van der Waals surface area contributed by atoms with Gasteiger partial charge in [0.15, 0.2) is 0 Å². The summed E-state index contributed by atoms with van der Waals surface area (Å²) in [7, 11) is 0. The zero-order chi connectivity index (χ0) is 13.8. The molecular weight excluding hydrogens is 268 g/mol. The molecule has 9 heteroatoms. The van der Waals surface area contributed by atoms with Crippen LogP contribution in [0.4, 0.5) is 17.3 Å². The molecule has 0 radical (unpaired) electrons. The van der Waals surface area contributed by atoms with Crippen molar-refractivity contribution < 1.29 is 4.92 Å². The van der Waals surface area contributed by atoms with Gasteiger partial charge in [0.05, 0.1) is 4.92 Å². The van der Waals surface area contributed by atoms with E-state index in [4.69, 9.17) is 5.84 Å². The van der Waals surface area contributed by atoms with Crippen molar-refractivity contribution in [1.82, 2.24) is 9.97 Å². The zero-order valence-corrected chi connectivity index (χ0v) is 11.3. The summed E-state index contributed by atoms with van der Waals surface area (Å²) in [5.74, 6) is 5.47. The summed E-state index contributed by atoms with van der Waals surface area (Å²) < 4.78 is 0. The molecule has 0 amide bonds. The van der Waals surface area contributed by atoms with E-state index < -0.39 is 4.92 Å². The zero-order valence-electron chi connectivity index (χ0n) is 10.5. The standard InChI is InChI=1S/C10H16N6O2S/c1-19-7-3-2-6(4-7)14-9-8(16(17)18)10(15-11)13-5-12-9/h5-7H,2-4,11H2,1H3,(H2,12,13,14,15). The second-order valence-corrected chi connectivity index (χ2v) is 5.47. The quantitative estimate of drug-likeness (QED) is 0.421. The number of anilines is 2. The van der Waals surface area contributed by atoms with Gasteiger partial charge >= 0.3 is 5.69 Å². The summed E-state index contributed by atoms with van der Waals surface area (Å²) in [5, 5.41) is 14.8. The molecule has 0 bridgehead atoms. The molecule has 0 aliphatic heterocycles. The van der Waals surface area contributed by atoms with Gasteiger partial charge in [-0.2, -0.15) is 11.8 Å². The van der Waals surface area contributed by atoms with Gasteiger partial charge in [-0.1, -0.05) is 0 Å². The first-order valence-corrected chi connectivity index (χ1v) is 7.19. The van der Waals surface area contributed by atoms with Crippen LogP contribution in [-0.4, -0.2) is 32.4 Å². The van der Waals surface area contributed by atoms with Crippen LogP contribution in [-0.2, 0) is 0 Å². The maximum absolute atomic E-state index is 11.1. The lowest BCUT2D eigenvalue weighted by Gasteiger charge is -2.14. The molecule has 1 saturated carbocycles. The average Bonchev–Trinajstić information content (AvgIpc) is 2.85. The minimum absolute atomic E-state index is 0.0157. The Morgan fingerprint density at radius 1 is 1.47 bits per heavy atom. The minimum Gasteiger partial charge on any atom is -0.361 e. The highest BCUT2D eigenvalue weighted by Gasteiger charge is 2.28. The molecule has 2 atom stereocenters. The van der Waals surface area contributed by atoms with Gasteiger partial charge in [-0.15, -0.1) is 0 Å². The van der Waals surface area contributed by atoms with Crippen LogP contribution in [0, 0.1) is 10.1 Å². The summed E-state index contributed by atoms with van der Waals surface area (Å²) >= 11 is 1.83. The van der Waals surface area contributed by atoms with E-state index in [-0.39, 0.29) is 23.4 Å². The number of hydrazine groups is 1. The normalized spacial score (nSPS) is 22.2. The maximum atomic E-state index is 11.1. The van der Waals surface area contributed by atoms with Crippen LogP contribution >= 0.6 is 11.8 Å². The number of hydrogen-bond donors (Lipinski definition) is 3. The first-order chi connectivity index (χ1) is 9.15. The first kappa shape index (κ1) is 13.8. The highest BCUT2D eigenvalue weighted by Crippen LogP contribution is 2.33. The van der Waals surface area contributed by atoms with Crippen molar-refractivity contribution >= 4 is 29.1 Å². The molecule has 2 rings (SSSR count). The lowest BCUT2D eigenvalue weighted by molar-refractivity contribution is -0.383. The fraction of sp³-hybridized carbons (Fsp3) is 0.600. The molecule has 19 heavy (non-hydrogen) atoms. The highest BCUT2D eigenvalue weighted by molar-refractivity contribution is 7.99. The molecule has 1 aliphatic carbocycles. The Labute approximate surface area is 114 Å². The van der Waals surface area contributed by atoms with Gasteiger partial charge in [-0.05, 0) is 25.5 Å². The molecule has 4 N–H and O–H groups in total. The maximum Gasteiger partial charge on any atom is 0.354 e. The fourth-order valence-corrected chi connectivity index (χ4v) is 3.04. The molecule has 8 nitrogen and oxygen atoms in total. The van der Waals surface area contributed by atoms with Gasteiger partial charge in [0.1, 0.15) is 6.33 Å². The van der Waals surface area contributed by atoms with Crippen molar-refractivity contribution in [1.29, 1.82) is 0 Å². The SMILES string of the molecule is CSC1CCC(Nc2ncnc(NN)c2[N+](=O)[O-])C1. The van der Waals surface area contributed by atoms with E-state index in [0.29, 0.717) is 5.25 Å². The predicted octanol–water partition coefficient (Wildman–Crippen LogP) is 1.37. The number of nitro groups is 1. The Bertz CT molecular complexity index is 471. The molecule has 1 fully saturated rings. The third-order valence-electron chi connectivity index (χ3n) is 3.20. The number of nitrogens with zero attached hydrogens (tertiary/aromatic N) is 3. The molecule has 0 aromatic carbocycles. The van der Waals surface area contributed by atoms with Gasteiger partial charge in [0.25, 0.3) is 0 Å². The molecule has 1 aliphatic rings. The molecule has 0 spiro atoms. The minimum atomic E-state index is -0.529. The van der Waals surface area contributed by atoms with E-state index >= 15 is 0 Å². The number of nitrogen functional groups attached to an aromatic ring is 1. The Kier molecular flexibility index (Phi) is 4.38. The second kappa shape index (κ2) is 6.02. The summed E-state index contributed by atoms with van der Waals surface area (Å²) in [6.45, 7) is 0. The van der Waals surface area contributed by atoms with Crippen LogP contribution in [0.2, 0.25) is 0 Å². The second-order valence-electron chi connectivity index (χ2n) is 4.33. The third kappa shape index (κ3) is 3.04. The van der Waals surface area contributed by atoms with Gasteiger partial charge in [0, 0.05) is 11.3 Å². The van der Waals surface area contributed by atoms with Crippen molar-refractivity contribution in [3.63, 3.8) is 0 Å². The number of thioether (sulfide) groups is 1. The van der Waals surface area contributed by atoms with E-state index in [1.165, 1.54) is 6.33 Å². The number of rotatable bonds is 5. The lowest BCUT2D eigenvalue weighted by Crippen LogP contribution is -2.19. The fourth-order valence-electron chi connectivity index (χ4n) is 2.24. The van der Waals surface area contributed by atoms with Gasteiger partial charge in [0.2, 0.25) is 11.6 Å². The van der Waals surface area contributed by atoms with Gasteiger partial charge < -0.3 is 10.7 Å². The smallest absolute Gasteiger partial charge is 0.354 e. The highest BCUT2D eigenvalue weighted by atomic mass is 32.2. The van der Waals surface area contributed by atoms with Crippen LogP contribution in [0.25, 0.3) is 0 Å². The summed E-state index contributed by atoms with van der Waals surface area (Å²) in [5.41, 5.74) is 2.01. The summed E-state index contributed by atoms with van der Waals surface area (Å²) in [6.07, 6.45) is 6.41. The number of aromatic nitrogens is 2. The van der Waals surface area contributed by atoms with Crippen molar-refractivity contribution in [3.8, 4) is 0 Å². The monoisotopic (exact) mass is 284 g/mol. The first-order valence-electron chi connectivity index (χ1n) is 5.91. The Hall–Kier alpha value is -1.61. The Morgan fingerprint density at radius 3 is 2.79 bits per heavy atom. The van der Waals surface area contributed by atoms with Crippen LogP contribution in [0.5, 0.6) is 0 Å². The van der Waals surface area contributed by atoms with Crippen molar-refractivity contribution in [2.45, 2.75) is 30.6 Å². The van der Waals surface area contributed by atoms with E-state index in [9.17, 15) is 10.1 Å². The van der Waals surface area contributed by atoms with E-state index in [1.807, 2.05) is 11.8 Å². The predicted molar refractivity (Wildman–Crippen MR) is 75.1 cm³/mol. The largest absolute Gasteiger partial charge is 0.361 e. The average molecular weight is 284 g/mol.